The highest BCUT2D eigenvalue weighted by Gasteiger charge is 2.42. The Bertz CT molecular complexity index is 644. The predicted octanol–water partition coefficient (Wildman–Crippen LogP) is 3.54. The predicted molar refractivity (Wildman–Crippen MR) is 85.6 cm³/mol. The van der Waals surface area contributed by atoms with Crippen molar-refractivity contribution < 1.29 is 9.84 Å². The number of hydrogen-bond acceptors (Lipinski definition) is 2. The first kappa shape index (κ1) is 14.6. The zero-order chi connectivity index (χ0) is 15.0. The van der Waals surface area contributed by atoms with Crippen molar-refractivity contribution in [3.8, 4) is 0 Å². The van der Waals surface area contributed by atoms with Crippen molar-refractivity contribution in [1.82, 2.24) is 4.98 Å². The second-order valence-corrected chi connectivity index (χ2v) is 6.29. The number of para-hydroxylation sites is 1. The van der Waals surface area contributed by atoms with E-state index in [2.05, 4.69) is 44.0 Å². The molecule has 1 unspecified atom stereocenters. The summed E-state index contributed by atoms with van der Waals surface area (Å²) in [5.74, 6) is 0.321. The number of aromatic amines is 1. The lowest BCUT2D eigenvalue weighted by molar-refractivity contribution is -0.108. The molecule has 0 aliphatic carbocycles. The van der Waals surface area contributed by atoms with Gasteiger partial charge in [-0.3, -0.25) is 0 Å². The van der Waals surface area contributed by atoms with Crippen LogP contribution in [0.2, 0.25) is 0 Å². The molecule has 0 saturated heterocycles. The van der Waals surface area contributed by atoms with Gasteiger partial charge in [-0.1, -0.05) is 39.0 Å². The highest BCUT2D eigenvalue weighted by molar-refractivity contribution is 5.88. The molecule has 1 aliphatic rings. The number of rotatable bonds is 4. The molecule has 0 bridgehead atoms. The fourth-order valence-corrected chi connectivity index (χ4v) is 3.76. The first-order valence-electron chi connectivity index (χ1n) is 8.01. The van der Waals surface area contributed by atoms with Crippen molar-refractivity contribution in [2.45, 2.75) is 45.6 Å². The van der Waals surface area contributed by atoms with Crippen LogP contribution in [0.3, 0.4) is 0 Å². The van der Waals surface area contributed by atoms with Gasteiger partial charge in [-0.2, -0.15) is 0 Å². The summed E-state index contributed by atoms with van der Waals surface area (Å²) in [5.41, 5.74) is 4.79. The lowest BCUT2D eigenvalue weighted by Crippen LogP contribution is -2.41. The molecule has 0 radical (unpaired) electrons. The summed E-state index contributed by atoms with van der Waals surface area (Å²) in [6.07, 6.45) is 2.61. The van der Waals surface area contributed by atoms with Gasteiger partial charge in [-0.05, 0) is 29.9 Å². The van der Waals surface area contributed by atoms with Crippen LogP contribution < -0.4 is 0 Å². The van der Waals surface area contributed by atoms with Crippen molar-refractivity contribution in [3.63, 3.8) is 0 Å². The fraction of sp³-hybridized carbons (Fsp3) is 0.556. The zero-order valence-electron chi connectivity index (χ0n) is 13.2. The molecule has 1 atom stereocenters. The van der Waals surface area contributed by atoms with E-state index in [0.29, 0.717) is 12.3 Å². The number of nitrogens with one attached hydrogen (secondary N) is 1. The van der Waals surface area contributed by atoms with Gasteiger partial charge in [0.1, 0.15) is 5.60 Å². The monoisotopic (exact) mass is 287 g/mol. The molecule has 0 fully saturated rings. The van der Waals surface area contributed by atoms with E-state index >= 15 is 0 Å². The normalized spacial score (nSPS) is 22.0. The van der Waals surface area contributed by atoms with E-state index in [4.69, 9.17) is 4.74 Å². The number of aliphatic hydroxyl groups excluding tert-OH is 1. The van der Waals surface area contributed by atoms with Crippen LogP contribution in [-0.2, 0) is 23.2 Å². The van der Waals surface area contributed by atoms with E-state index in [1.165, 1.54) is 27.7 Å². The van der Waals surface area contributed by atoms with Gasteiger partial charge >= 0.3 is 0 Å². The van der Waals surface area contributed by atoms with Crippen LogP contribution in [0.25, 0.3) is 10.9 Å². The fourth-order valence-electron chi connectivity index (χ4n) is 3.76. The van der Waals surface area contributed by atoms with E-state index in [1.807, 2.05) is 0 Å². The van der Waals surface area contributed by atoms with Gasteiger partial charge in [0.15, 0.2) is 0 Å². The molecule has 2 heterocycles. The van der Waals surface area contributed by atoms with Crippen molar-refractivity contribution in [2.75, 3.05) is 13.2 Å². The van der Waals surface area contributed by atoms with Gasteiger partial charge in [0.2, 0.25) is 0 Å². The maximum Gasteiger partial charge on any atom is 0.112 e. The smallest absolute Gasteiger partial charge is 0.112 e. The van der Waals surface area contributed by atoms with Crippen molar-refractivity contribution in [3.05, 3.63) is 35.0 Å². The quantitative estimate of drug-likeness (QED) is 0.903. The van der Waals surface area contributed by atoms with Gasteiger partial charge in [-0.25, -0.2) is 0 Å². The van der Waals surface area contributed by atoms with Crippen molar-refractivity contribution >= 4 is 10.9 Å². The van der Waals surface area contributed by atoms with Gasteiger partial charge in [0, 0.05) is 23.9 Å². The van der Waals surface area contributed by atoms with Crippen LogP contribution in [0.5, 0.6) is 0 Å². The molecule has 1 aromatic heterocycles. The minimum atomic E-state index is -0.383. The third-order valence-corrected chi connectivity index (χ3v) is 4.96. The molecule has 2 aromatic rings. The summed E-state index contributed by atoms with van der Waals surface area (Å²) in [7, 11) is 0. The number of aromatic nitrogens is 1. The van der Waals surface area contributed by atoms with Crippen LogP contribution in [0.4, 0.5) is 0 Å². The summed E-state index contributed by atoms with van der Waals surface area (Å²) in [6.45, 7) is 7.42. The Morgan fingerprint density at radius 2 is 2.19 bits per heavy atom. The largest absolute Gasteiger partial charge is 0.396 e. The Kier molecular flexibility index (Phi) is 3.80. The van der Waals surface area contributed by atoms with E-state index < -0.39 is 0 Å². The Morgan fingerprint density at radius 1 is 1.38 bits per heavy atom. The number of benzene rings is 1. The molecule has 0 saturated carbocycles. The summed E-state index contributed by atoms with van der Waals surface area (Å²) in [6, 6.07) is 6.54. The molecule has 1 aliphatic heterocycles. The third-order valence-electron chi connectivity index (χ3n) is 4.96. The minimum Gasteiger partial charge on any atom is -0.396 e. The SMILES string of the molecule is CCc1cccc2c3c([nH]c12)C(CCO)(C(C)C)OCC3. The topological polar surface area (TPSA) is 45.2 Å². The molecule has 21 heavy (non-hydrogen) atoms. The Labute approximate surface area is 126 Å². The summed E-state index contributed by atoms with van der Waals surface area (Å²) >= 11 is 0. The minimum absolute atomic E-state index is 0.146. The maximum absolute atomic E-state index is 9.54. The average Bonchev–Trinajstić information content (AvgIpc) is 2.87. The Balaban J connectivity index is 2.26. The molecule has 3 rings (SSSR count). The lowest BCUT2D eigenvalue weighted by Gasteiger charge is -2.40. The molecule has 114 valence electrons. The standard InChI is InChI=1S/C18H25NO2/c1-4-13-6-5-7-14-15-8-11-21-18(9-10-20,12(2)3)17(15)19-16(13)14/h5-7,12,19-20H,4,8-11H2,1-3H3. The van der Waals surface area contributed by atoms with E-state index in [-0.39, 0.29) is 12.2 Å². The number of ether oxygens (including phenoxy) is 1. The van der Waals surface area contributed by atoms with E-state index in [1.54, 1.807) is 0 Å². The number of aliphatic hydroxyl groups is 1. The first-order chi connectivity index (χ1) is 10.1. The average molecular weight is 287 g/mol. The van der Waals surface area contributed by atoms with Gasteiger partial charge in [0.25, 0.3) is 0 Å². The number of hydrogen-bond donors (Lipinski definition) is 2. The van der Waals surface area contributed by atoms with Crippen molar-refractivity contribution in [2.24, 2.45) is 5.92 Å². The Hall–Kier alpha value is -1.32. The van der Waals surface area contributed by atoms with Crippen LogP contribution in [-0.4, -0.2) is 23.3 Å². The third kappa shape index (κ3) is 2.11. The molecule has 0 amide bonds. The molecule has 3 heteroatoms. The lowest BCUT2D eigenvalue weighted by atomic mass is 9.80. The van der Waals surface area contributed by atoms with Gasteiger partial charge < -0.3 is 14.8 Å². The summed E-state index contributed by atoms with van der Waals surface area (Å²) in [5, 5.41) is 10.9. The second-order valence-electron chi connectivity index (χ2n) is 6.29. The van der Waals surface area contributed by atoms with Crippen molar-refractivity contribution in [1.29, 1.82) is 0 Å². The van der Waals surface area contributed by atoms with Crippen LogP contribution in [0.1, 0.15) is 44.0 Å². The molecular weight excluding hydrogens is 262 g/mol. The maximum atomic E-state index is 9.54. The summed E-state index contributed by atoms with van der Waals surface area (Å²) in [4.78, 5) is 3.66. The Morgan fingerprint density at radius 3 is 2.86 bits per heavy atom. The molecular formula is C18H25NO2. The molecule has 3 nitrogen and oxygen atoms in total. The highest BCUT2D eigenvalue weighted by atomic mass is 16.5. The zero-order valence-corrected chi connectivity index (χ0v) is 13.2. The molecule has 0 spiro atoms. The number of fused-ring (bicyclic) bond motifs is 3. The van der Waals surface area contributed by atoms with Crippen LogP contribution >= 0.6 is 0 Å². The first-order valence-corrected chi connectivity index (χ1v) is 8.01. The highest BCUT2D eigenvalue weighted by Crippen LogP contribution is 2.44. The van der Waals surface area contributed by atoms with Crippen LogP contribution in [0.15, 0.2) is 18.2 Å². The molecule has 2 N–H and O–H groups in total. The van der Waals surface area contributed by atoms with E-state index in [0.717, 1.165) is 19.4 Å². The number of aryl methyl sites for hydroxylation is 1. The summed E-state index contributed by atoms with van der Waals surface area (Å²) < 4.78 is 6.21. The van der Waals surface area contributed by atoms with Gasteiger partial charge in [-0.15, -0.1) is 0 Å². The second kappa shape index (κ2) is 5.47. The molecule has 1 aromatic carbocycles. The van der Waals surface area contributed by atoms with Gasteiger partial charge in [0.05, 0.1) is 12.3 Å². The van der Waals surface area contributed by atoms with Crippen LogP contribution in [0, 0.1) is 5.92 Å². The number of H-pyrrole nitrogens is 1. The van der Waals surface area contributed by atoms with E-state index in [9.17, 15) is 5.11 Å².